The van der Waals surface area contributed by atoms with E-state index in [0.29, 0.717) is 28.9 Å². The minimum absolute atomic E-state index is 0.0749. The molecule has 8 rings (SSSR count). The minimum Gasteiger partial charge on any atom is -0.390 e. The van der Waals surface area contributed by atoms with Gasteiger partial charge in [-0.25, -0.2) is 10.2 Å². The highest BCUT2D eigenvalue weighted by molar-refractivity contribution is 5.42. The minimum atomic E-state index is -0.267. The Hall–Kier alpha value is -8.96. The van der Waals surface area contributed by atoms with Crippen molar-refractivity contribution >= 4 is 35.7 Å². The summed E-state index contributed by atoms with van der Waals surface area (Å²) in [5, 5.41) is 117. The Morgan fingerprint density at radius 3 is 1.69 bits per heavy atom. The zero-order valence-corrected chi connectivity index (χ0v) is 34.2. The molecule has 332 valence electrons. The molecule has 8 heterocycles. The summed E-state index contributed by atoms with van der Waals surface area (Å²) >= 11 is 0. The molecule has 0 aliphatic heterocycles. The number of nitrogens with one attached hydrogen (secondary N) is 6. The molecule has 0 atom stereocenters. The highest BCUT2D eigenvalue weighted by Gasteiger charge is 2.15. The van der Waals surface area contributed by atoms with Gasteiger partial charge in [0.25, 0.3) is 41.6 Å². The lowest BCUT2D eigenvalue weighted by Crippen LogP contribution is -2.14. The van der Waals surface area contributed by atoms with E-state index >= 15 is 0 Å². The Labute approximate surface area is 357 Å². The van der Waals surface area contributed by atoms with Gasteiger partial charge in [0.15, 0.2) is 11.6 Å². The average Bonchev–Trinajstić information content (AvgIpc) is 4.19. The second-order valence-corrected chi connectivity index (χ2v) is 12.3. The Morgan fingerprint density at radius 2 is 1.09 bits per heavy atom. The molecule has 0 saturated heterocycles. The molecule has 0 aromatic carbocycles. The van der Waals surface area contributed by atoms with Crippen molar-refractivity contribution in [2.45, 2.75) is 53.8 Å². The number of aromatic amines is 4. The van der Waals surface area contributed by atoms with Crippen LogP contribution in [0.5, 0.6) is 0 Å². The Bertz CT molecular complexity index is 2500. The standard InChI is InChI=1S/C15H25N17.C13H13N17O2/c1-5-31(6-2)29-27-13-16-10(19-23-13)9-11-20-24-14(25-21-11)17-12-18-15(26-22-12)28-30-32(7-3)8-4;31-4-6-2-14-27-29(6)12-16-8(19-25-12)1-9-20-23-11(24-21-9)17-10-18-13(26-22-10)30-7(5-32)3-15-28-30/h5-9H2,1-4H3,(H,16,19,23)(H2,17,18,22,24,25,26);2-3,31-32H,1,4-5H2,(H,16,19,25)(H2,17,18,22,23,24,26). The first-order valence-corrected chi connectivity index (χ1v) is 19.0. The number of rotatable bonds is 20. The van der Waals surface area contributed by atoms with E-state index in [9.17, 15) is 10.2 Å². The van der Waals surface area contributed by atoms with Gasteiger partial charge in [-0.1, -0.05) is 31.1 Å². The highest BCUT2D eigenvalue weighted by Crippen LogP contribution is 2.13. The van der Waals surface area contributed by atoms with Crippen LogP contribution in [0.4, 0.5) is 35.7 Å². The number of H-pyrrole nitrogens is 4. The predicted molar refractivity (Wildman–Crippen MR) is 210 cm³/mol. The van der Waals surface area contributed by atoms with Crippen LogP contribution in [0.3, 0.4) is 0 Å². The van der Waals surface area contributed by atoms with E-state index in [1.54, 1.807) is 10.0 Å². The lowest BCUT2D eigenvalue weighted by molar-refractivity contribution is 0.272. The smallest absolute Gasteiger partial charge is 0.289 e. The van der Waals surface area contributed by atoms with E-state index in [0.717, 1.165) is 26.2 Å². The van der Waals surface area contributed by atoms with Crippen molar-refractivity contribution in [3.63, 3.8) is 0 Å². The molecular weight excluding hydrogens is 845 g/mol. The molecule has 8 aromatic heterocycles. The van der Waals surface area contributed by atoms with E-state index < -0.39 is 0 Å². The number of aliphatic hydroxyl groups excluding tert-OH is 2. The maximum Gasteiger partial charge on any atom is 0.289 e. The second-order valence-electron chi connectivity index (χ2n) is 12.3. The van der Waals surface area contributed by atoms with Crippen LogP contribution in [-0.4, -0.2) is 178 Å². The molecule has 36 nitrogen and oxygen atoms in total. The first-order valence-electron chi connectivity index (χ1n) is 19.0. The van der Waals surface area contributed by atoms with Crippen LogP contribution >= 0.6 is 0 Å². The third-order valence-corrected chi connectivity index (χ3v) is 8.06. The molecule has 0 spiro atoms. The molecule has 0 amide bonds. The van der Waals surface area contributed by atoms with Crippen LogP contribution in [0.1, 0.15) is 62.4 Å². The zero-order valence-electron chi connectivity index (χ0n) is 34.2. The fourth-order valence-electron chi connectivity index (χ4n) is 4.85. The van der Waals surface area contributed by atoms with Crippen LogP contribution in [0.25, 0.3) is 11.9 Å². The van der Waals surface area contributed by atoms with Crippen molar-refractivity contribution in [1.29, 1.82) is 0 Å². The van der Waals surface area contributed by atoms with Crippen LogP contribution in [-0.2, 0) is 26.1 Å². The molecule has 0 unspecified atom stereocenters. The third-order valence-electron chi connectivity index (χ3n) is 8.06. The summed E-state index contributed by atoms with van der Waals surface area (Å²) in [6, 6.07) is 0. The van der Waals surface area contributed by atoms with Gasteiger partial charge in [0.2, 0.25) is 5.95 Å². The maximum atomic E-state index is 9.28. The molecule has 8 aromatic rings. The predicted octanol–water partition coefficient (Wildman–Crippen LogP) is -1.50. The zero-order chi connectivity index (χ0) is 44.7. The average molecular weight is 883 g/mol. The number of aliphatic hydroxyl groups is 2. The van der Waals surface area contributed by atoms with E-state index in [-0.39, 0.29) is 79.5 Å². The van der Waals surface area contributed by atoms with Crippen molar-refractivity contribution in [3.05, 3.63) is 47.1 Å². The summed E-state index contributed by atoms with van der Waals surface area (Å²) in [5.41, 5.74) is 0.865. The third kappa shape index (κ3) is 11.2. The van der Waals surface area contributed by atoms with Gasteiger partial charge < -0.3 is 10.2 Å². The molecule has 0 aliphatic rings. The lowest BCUT2D eigenvalue weighted by atomic mass is 10.4. The maximum absolute atomic E-state index is 9.28. The molecule has 36 heteroatoms. The van der Waals surface area contributed by atoms with Gasteiger partial charge in [-0.3, -0.25) is 30.8 Å². The molecule has 64 heavy (non-hydrogen) atoms. The van der Waals surface area contributed by atoms with Crippen LogP contribution in [0, 0.1) is 0 Å². The quantitative estimate of drug-likeness (QED) is 0.0319. The topological polar surface area (TPSA) is 451 Å². The SMILES string of the molecule is CCN(CC)N=Nc1n[nH]c(Cc2nnc(Nc3n[nH]c(N=NN(CC)CC)n3)nn2)n1.OCc1cnnn1-c1n[nH]c(Cc2nnc(Nc3nc(-n4nncc4CO)n[nH]3)nn2)n1. The number of anilines is 4. The molecule has 0 fully saturated rings. The number of hydrogen-bond acceptors (Lipinski definition) is 28. The van der Waals surface area contributed by atoms with Gasteiger partial charge in [-0.15, -0.1) is 71.4 Å². The van der Waals surface area contributed by atoms with Gasteiger partial charge in [0, 0.05) is 26.2 Å². The van der Waals surface area contributed by atoms with Gasteiger partial charge in [0.1, 0.15) is 11.6 Å². The Balaban J connectivity index is 0.000000191. The summed E-state index contributed by atoms with van der Waals surface area (Å²) in [6.45, 7) is 10.4. The largest absolute Gasteiger partial charge is 0.390 e. The Morgan fingerprint density at radius 1 is 0.562 bits per heavy atom. The molecular formula is C28H38N34O2. The van der Waals surface area contributed by atoms with E-state index in [2.05, 4.69) is 153 Å². The molecule has 8 N–H and O–H groups in total. The molecule has 0 radical (unpaired) electrons. The number of nitrogens with zero attached hydrogens (tertiary/aromatic N) is 28. The Kier molecular flexibility index (Phi) is 14.2. The van der Waals surface area contributed by atoms with E-state index in [1.807, 2.05) is 27.7 Å². The first kappa shape index (κ1) is 43.1. The van der Waals surface area contributed by atoms with Crippen molar-refractivity contribution in [3.8, 4) is 11.9 Å². The number of aromatic nitrogens is 26. The normalized spacial score (nSPS) is 11.3. The monoisotopic (exact) mass is 882 g/mol. The summed E-state index contributed by atoms with van der Waals surface area (Å²) in [5.74, 6) is 3.09. The lowest BCUT2D eigenvalue weighted by Gasteiger charge is -2.10. The summed E-state index contributed by atoms with van der Waals surface area (Å²) in [6.07, 6.45) is 3.24. The van der Waals surface area contributed by atoms with Gasteiger partial charge in [0.05, 0.1) is 49.8 Å². The fourth-order valence-corrected chi connectivity index (χ4v) is 4.85. The van der Waals surface area contributed by atoms with Gasteiger partial charge >= 0.3 is 0 Å². The molecule has 0 saturated carbocycles. The first-order chi connectivity index (χ1) is 31.4. The van der Waals surface area contributed by atoms with Crippen LogP contribution in [0.2, 0.25) is 0 Å². The van der Waals surface area contributed by atoms with Crippen LogP contribution in [0.15, 0.2) is 33.1 Å². The van der Waals surface area contributed by atoms with Crippen molar-refractivity contribution < 1.29 is 10.2 Å². The van der Waals surface area contributed by atoms with Crippen molar-refractivity contribution in [2.24, 2.45) is 20.7 Å². The van der Waals surface area contributed by atoms with Crippen molar-refractivity contribution in [2.75, 3.05) is 36.8 Å². The van der Waals surface area contributed by atoms with Crippen molar-refractivity contribution in [1.82, 2.24) is 142 Å². The number of hydrogen-bond donors (Lipinski definition) is 8. The van der Waals surface area contributed by atoms with Gasteiger partial charge in [-0.2, -0.15) is 29.3 Å². The molecule has 0 aliphatic carbocycles. The van der Waals surface area contributed by atoms with Gasteiger partial charge in [-0.05, 0) is 27.7 Å². The summed E-state index contributed by atoms with van der Waals surface area (Å²) < 4.78 is 2.58. The second kappa shape index (κ2) is 21.0. The highest BCUT2D eigenvalue weighted by atomic mass is 16.3. The van der Waals surface area contributed by atoms with Crippen LogP contribution < -0.4 is 10.6 Å². The van der Waals surface area contributed by atoms with E-state index in [4.69, 9.17) is 0 Å². The fraction of sp³-hybridized carbons (Fsp3) is 0.429. The molecule has 0 bridgehead atoms. The summed E-state index contributed by atoms with van der Waals surface area (Å²) in [7, 11) is 0. The summed E-state index contributed by atoms with van der Waals surface area (Å²) in [4.78, 5) is 16.8. The van der Waals surface area contributed by atoms with E-state index in [1.165, 1.54) is 21.8 Å².